The summed E-state index contributed by atoms with van der Waals surface area (Å²) in [4.78, 5) is 0. The van der Waals surface area contributed by atoms with Gasteiger partial charge in [0.15, 0.2) is 9.84 Å². The van der Waals surface area contributed by atoms with Crippen LogP contribution < -0.4 is 5.32 Å². The molecule has 4 heteroatoms. The van der Waals surface area contributed by atoms with Crippen LogP contribution >= 0.6 is 0 Å². The summed E-state index contributed by atoms with van der Waals surface area (Å²) < 4.78 is 23.0. The maximum Gasteiger partial charge on any atom is 0.150 e. The zero-order valence-corrected chi connectivity index (χ0v) is 10.9. The van der Waals surface area contributed by atoms with E-state index in [1.165, 1.54) is 25.7 Å². The first-order valence-electron chi connectivity index (χ1n) is 6.54. The third-order valence-electron chi connectivity index (χ3n) is 4.12. The predicted molar refractivity (Wildman–Crippen MR) is 66.2 cm³/mol. The fraction of sp³-hybridized carbons (Fsp3) is 1.00. The van der Waals surface area contributed by atoms with E-state index in [1.54, 1.807) is 0 Å². The van der Waals surface area contributed by atoms with Crippen molar-refractivity contribution in [1.29, 1.82) is 0 Å². The summed E-state index contributed by atoms with van der Waals surface area (Å²) >= 11 is 0. The van der Waals surface area contributed by atoms with Gasteiger partial charge in [0.05, 0.1) is 11.5 Å². The molecule has 1 aliphatic carbocycles. The van der Waals surface area contributed by atoms with E-state index in [-0.39, 0.29) is 0 Å². The molecule has 2 atom stereocenters. The Kier molecular flexibility index (Phi) is 3.90. The zero-order valence-electron chi connectivity index (χ0n) is 10.1. The lowest BCUT2D eigenvalue weighted by Crippen LogP contribution is -2.39. The van der Waals surface area contributed by atoms with E-state index in [9.17, 15) is 8.42 Å². The normalized spacial score (nSPS) is 31.2. The molecule has 94 valence electrons. The monoisotopic (exact) mass is 245 g/mol. The first kappa shape index (κ1) is 12.4. The van der Waals surface area contributed by atoms with Crippen molar-refractivity contribution in [3.63, 3.8) is 0 Å². The molecular weight excluding hydrogens is 222 g/mol. The van der Waals surface area contributed by atoms with Crippen molar-refractivity contribution in [2.45, 2.75) is 45.1 Å². The van der Waals surface area contributed by atoms with Gasteiger partial charge in [0.1, 0.15) is 0 Å². The van der Waals surface area contributed by atoms with Gasteiger partial charge in [-0.25, -0.2) is 8.42 Å². The zero-order chi connectivity index (χ0) is 11.6. The molecule has 1 aliphatic heterocycles. The van der Waals surface area contributed by atoms with Crippen LogP contribution in [0.4, 0.5) is 0 Å². The molecule has 1 saturated carbocycles. The van der Waals surface area contributed by atoms with Gasteiger partial charge in [-0.3, -0.25) is 0 Å². The van der Waals surface area contributed by atoms with Crippen LogP contribution in [0.5, 0.6) is 0 Å². The maximum atomic E-state index is 11.5. The molecule has 0 aromatic heterocycles. The smallest absolute Gasteiger partial charge is 0.150 e. The summed E-state index contributed by atoms with van der Waals surface area (Å²) in [6, 6.07) is 0.438. The number of sulfone groups is 1. The molecule has 0 aromatic rings. The Morgan fingerprint density at radius 3 is 2.50 bits per heavy atom. The SMILES string of the molecule is CCNC(CC1CCC1)C1CCS(=O)(=O)C1. The standard InChI is InChI=1S/C12H23NO2S/c1-2-13-12(8-10-4-3-5-10)11-6-7-16(14,15)9-11/h10-13H,2-9H2,1H3. The summed E-state index contributed by atoms with van der Waals surface area (Å²) in [5, 5.41) is 3.50. The van der Waals surface area contributed by atoms with Gasteiger partial charge in [-0.1, -0.05) is 26.2 Å². The van der Waals surface area contributed by atoms with Gasteiger partial charge >= 0.3 is 0 Å². The van der Waals surface area contributed by atoms with Gasteiger partial charge in [0.2, 0.25) is 0 Å². The second-order valence-electron chi connectivity index (χ2n) is 5.36. The van der Waals surface area contributed by atoms with Gasteiger partial charge in [-0.05, 0) is 31.2 Å². The van der Waals surface area contributed by atoms with Crippen molar-refractivity contribution in [2.24, 2.45) is 11.8 Å². The van der Waals surface area contributed by atoms with Crippen molar-refractivity contribution in [1.82, 2.24) is 5.32 Å². The molecule has 0 bridgehead atoms. The van der Waals surface area contributed by atoms with E-state index in [4.69, 9.17) is 0 Å². The van der Waals surface area contributed by atoms with E-state index in [0.29, 0.717) is 23.5 Å². The molecule has 2 unspecified atom stereocenters. The summed E-state index contributed by atoms with van der Waals surface area (Å²) in [6.07, 6.45) is 6.12. The molecule has 0 spiro atoms. The van der Waals surface area contributed by atoms with E-state index in [1.807, 2.05) is 0 Å². The Balaban J connectivity index is 1.90. The largest absolute Gasteiger partial charge is 0.314 e. The molecule has 2 aliphatic rings. The summed E-state index contributed by atoms with van der Waals surface area (Å²) in [5.41, 5.74) is 0. The first-order valence-corrected chi connectivity index (χ1v) is 8.36. The Bertz CT molecular complexity index is 322. The first-order chi connectivity index (χ1) is 7.61. The molecule has 0 aromatic carbocycles. The second kappa shape index (κ2) is 5.05. The number of hydrogen-bond donors (Lipinski definition) is 1. The van der Waals surface area contributed by atoms with Crippen molar-refractivity contribution >= 4 is 9.84 Å². The maximum absolute atomic E-state index is 11.5. The molecule has 3 nitrogen and oxygen atoms in total. The van der Waals surface area contributed by atoms with Crippen molar-refractivity contribution in [2.75, 3.05) is 18.1 Å². The van der Waals surface area contributed by atoms with Crippen molar-refractivity contribution < 1.29 is 8.42 Å². The van der Waals surface area contributed by atoms with Gasteiger partial charge < -0.3 is 5.32 Å². The Morgan fingerprint density at radius 2 is 2.06 bits per heavy atom. The van der Waals surface area contributed by atoms with Gasteiger partial charge in [-0.15, -0.1) is 0 Å². The average molecular weight is 245 g/mol. The highest BCUT2D eigenvalue weighted by molar-refractivity contribution is 7.91. The van der Waals surface area contributed by atoms with Crippen LogP contribution in [0, 0.1) is 11.8 Å². The fourth-order valence-electron chi connectivity index (χ4n) is 2.93. The van der Waals surface area contributed by atoms with Gasteiger partial charge in [-0.2, -0.15) is 0 Å². The minimum absolute atomic E-state index is 0.366. The molecular formula is C12H23NO2S. The lowest BCUT2D eigenvalue weighted by Gasteiger charge is -2.32. The van der Waals surface area contributed by atoms with E-state index < -0.39 is 9.84 Å². The quantitative estimate of drug-likeness (QED) is 0.800. The minimum Gasteiger partial charge on any atom is -0.314 e. The predicted octanol–water partition coefficient (Wildman–Crippen LogP) is 1.59. The highest BCUT2D eigenvalue weighted by atomic mass is 32.2. The highest BCUT2D eigenvalue weighted by Crippen LogP contribution is 2.34. The van der Waals surface area contributed by atoms with Crippen molar-refractivity contribution in [3.8, 4) is 0 Å². The van der Waals surface area contributed by atoms with Crippen LogP contribution in [0.25, 0.3) is 0 Å². The van der Waals surface area contributed by atoms with Crippen LogP contribution in [0.3, 0.4) is 0 Å². The molecule has 0 amide bonds. The van der Waals surface area contributed by atoms with Crippen LogP contribution in [0.2, 0.25) is 0 Å². The Hall–Kier alpha value is -0.0900. The van der Waals surface area contributed by atoms with Crippen molar-refractivity contribution in [3.05, 3.63) is 0 Å². The molecule has 2 fully saturated rings. The van der Waals surface area contributed by atoms with Crippen LogP contribution in [-0.2, 0) is 9.84 Å². The third-order valence-corrected chi connectivity index (χ3v) is 5.91. The minimum atomic E-state index is -2.72. The fourth-order valence-corrected chi connectivity index (χ4v) is 4.81. The number of hydrogen-bond acceptors (Lipinski definition) is 3. The van der Waals surface area contributed by atoms with Crippen LogP contribution in [-0.4, -0.2) is 32.5 Å². The Labute approximate surface area is 98.9 Å². The second-order valence-corrected chi connectivity index (χ2v) is 7.59. The number of rotatable bonds is 5. The molecule has 16 heavy (non-hydrogen) atoms. The van der Waals surface area contributed by atoms with Crippen LogP contribution in [0.1, 0.15) is 39.0 Å². The van der Waals surface area contributed by atoms with E-state index in [2.05, 4.69) is 12.2 Å². The Morgan fingerprint density at radius 1 is 1.31 bits per heavy atom. The molecule has 0 radical (unpaired) electrons. The van der Waals surface area contributed by atoms with Gasteiger partial charge in [0.25, 0.3) is 0 Å². The highest BCUT2D eigenvalue weighted by Gasteiger charge is 2.35. The molecule has 1 heterocycles. The summed E-state index contributed by atoms with van der Waals surface area (Å²) in [6.45, 7) is 3.06. The lowest BCUT2D eigenvalue weighted by atomic mass is 9.78. The molecule has 2 rings (SSSR count). The number of nitrogens with one attached hydrogen (secondary N) is 1. The molecule has 1 saturated heterocycles. The average Bonchev–Trinajstić information content (AvgIpc) is 2.50. The third kappa shape index (κ3) is 2.98. The van der Waals surface area contributed by atoms with Crippen LogP contribution in [0.15, 0.2) is 0 Å². The van der Waals surface area contributed by atoms with E-state index >= 15 is 0 Å². The summed E-state index contributed by atoms with van der Waals surface area (Å²) in [7, 11) is -2.72. The lowest BCUT2D eigenvalue weighted by molar-refractivity contribution is 0.231. The van der Waals surface area contributed by atoms with Gasteiger partial charge in [0, 0.05) is 6.04 Å². The summed E-state index contributed by atoms with van der Waals surface area (Å²) in [5.74, 6) is 2.04. The molecule has 1 N–H and O–H groups in total. The topological polar surface area (TPSA) is 46.2 Å². The van der Waals surface area contributed by atoms with E-state index in [0.717, 1.165) is 18.9 Å².